The average Bonchev–Trinajstić information content (AvgIpc) is 3.24. The van der Waals surface area contributed by atoms with Crippen LogP contribution in [0.5, 0.6) is 0 Å². The molecule has 36 heavy (non-hydrogen) atoms. The first-order valence-electron chi connectivity index (χ1n) is 12.1. The number of ether oxygens (including phenoxy) is 1. The van der Waals surface area contributed by atoms with E-state index in [1.54, 1.807) is 13.8 Å². The van der Waals surface area contributed by atoms with Crippen molar-refractivity contribution in [3.63, 3.8) is 0 Å². The Morgan fingerprint density at radius 1 is 1.17 bits per heavy atom. The number of nitrogens with zero attached hydrogens (tertiary/aromatic N) is 5. The molecule has 10 nitrogen and oxygen atoms in total. The van der Waals surface area contributed by atoms with Crippen LogP contribution in [0.25, 0.3) is 0 Å². The van der Waals surface area contributed by atoms with Gasteiger partial charge in [0.2, 0.25) is 11.9 Å². The molecule has 0 bridgehead atoms. The number of thiazole rings is 1. The van der Waals surface area contributed by atoms with Crippen molar-refractivity contribution in [2.75, 3.05) is 43.0 Å². The predicted molar refractivity (Wildman–Crippen MR) is 138 cm³/mol. The molecule has 0 atom stereocenters. The number of carbonyl (C=O) groups is 2. The van der Waals surface area contributed by atoms with Gasteiger partial charge < -0.3 is 15.0 Å². The minimum atomic E-state index is -0.386. The maximum atomic E-state index is 12.2. The Hall–Kier alpha value is -3.57. The Labute approximate surface area is 213 Å². The number of hydrogen-bond acceptors (Lipinski definition) is 10. The SMILES string of the molecule is CCOC(=O)c1sc(Nc2nc3c(c(N4CCNC(=O)C4)n2)CCN(Cc2ccccc2)C3)nc1C. The number of aryl methyl sites for hydroxylation is 1. The van der Waals surface area contributed by atoms with E-state index >= 15 is 0 Å². The summed E-state index contributed by atoms with van der Waals surface area (Å²) in [5.74, 6) is 0.791. The van der Waals surface area contributed by atoms with Crippen molar-refractivity contribution < 1.29 is 14.3 Å². The molecule has 0 saturated carbocycles. The summed E-state index contributed by atoms with van der Waals surface area (Å²) in [6, 6.07) is 10.4. The van der Waals surface area contributed by atoms with E-state index in [-0.39, 0.29) is 18.4 Å². The Morgan fingerprint density at radius 2 is 2.00 bits per heavy atom. The van der Waals surface area contributed by atoms with Gasteiger partial charge in [-0.05, 0) is 25.8 Å². The normalized spacial score (nSPS) is 15.8. The summed E-state index contributed by atoms with van der Waals surface area (Å²) < 4.78 is 5.14. The van der Waals surface area contributed by atoms with Crippen LogP contribution in [0.4, 0.5) is 16.9 Å². The average molecular weight is 508 g/mol. The van der Waals surface area contributed by atoms with Gasteiger partial charge in [-0.2, -0.15) is 4.98 Å². The van der Waals surface area contributed by atoms with E-state index in [1.165, 1.54) is 16.9 Å². The molecule has 1 saturated heterocycles. The van der Waals surface area contributed by atoms with E-state index in [2.05, 4.69) is 44.8 Å². The molecule has 4 heterocycles. The number of amides is 1. The van der Waals surface area contributed by atoms with Gasteiger partial charge in [-0.25, -0.2) is 14.8 Å². The van der Waals surface area contributed by atoms with Crippen LogP contribution in [-0.4, -0.2) is 64.5 Å². The van der Waals surface area contributed by atoms with Crippen molar-refractivity contribution in [1.29, 1.82) is 0 Å². The van der Waals surface area contributed by atoms with Gasteiger partial charge in [0.25, 0.3) is 0 Å². The Morgan fingerprint density at radius 3 is 2.78 bits per heavy atom. The molecular weight excluding hydrogens is 478 g/mol. The smallest absolute Gasteiger partial charge is 0.350 e. The minimum absolute atomic E-state index is 0.0146. The largest absolute Gasteiger partial charge is 0.462 e. The molecule has 2 N–H and O–H groups in total. The van der Waals surface area contributed by atoms with Crippen LogP contribution >= 0.6 is 11.3 Å². The Bertz CT molecular complexity index is 1260. The fourth-order valence-corrected chi connectivity index (χ4v) is 5.36. The van der Waals surface area contributed by atoms with Gasteiger partial charge in [-0.1, -0.05) is 41.7 Å². The molecule has 2 aromatic heterocycles. The zero-order valence-electron chi connectivity index (χ0n) is 20.4. The van der Waals surface area contributed by atoms with Crippen molar-refractivity contribution in [2.45, 2.75) is 33.4 Å². The van der Waals surface area contributed by atoms with E-state index < -0.39 is 0 Å². The summed E-state index contributed by atoms with van der Waals surface area (Å²) in [6.07, 6.45) is 0.805. The molecule has 0 radical (unpaired) electrons. The fraction of sp³-hybridized carbons (Fsp3) is 0.400. The Balaban J connectivity index is 1.44. The van der Waals surface area contributed by atoms with E-state index in [0.29, 0.717) is 47.9 Å². The third-order valence-corrected chi connectivity index (χ3v) is 7.24. The van der Waals surface area contributed by atoms with Crippen LogP contribution in [0.15, 0.2) is 30.3 Å². The van der Waals surface area contributed by atoms with Gasteiger partial charge in [0.15, 0.2) is 5.13 Å². The number of carbonyl (C=O) groups excluding carboxylic acids is 2. The minimum Gasteiger partial charge on any atom is -0.462 e. The van der Waals surface area contributed by atoms with Gasteiger partial charge in [0.1, 0.15) is 10.7 Å². The van der Waals surface area contributed by atoms with Crippen LogP contribution < -0.4 is 15.5 Å². The molecule has 1 amide bonds. The van der Waals surface area contributed by atoms with Crippen molar-refractivity contribution >= 4 is 40.1 Å². The van der Waals surface area contributed by atoms with Crippen molar-refractivity contribution in [3.8, 4) is 0 Å². The first-order chi connectivity index (χ1) is 17.5. The highest BCUT2D eigenvalue weighted by molar-refractivity contribution is 7.17. The van der Waals surface area contributed by atoms with Crippen LogP contribution in [-0.2, 0) is 29.0 Å². The number of aromatic nitrogens is 3. The topological polar surface area (TPSA) is 113 Å². The zero-order valence-corrected chi connectivity index (χ0v) is 21.2. The molecule has 1 aromatic carbocycles. The number of piperazine rings is 1. The summed E-state index contributed by atoms with van der Waals surface area (Å²) in [7, 11) is 0. The summed E-state index contributed by atoms with van der Waals surface area (Å²) in [5.41, 5.74) is 3.88. The predicted octanol–water partition coefficient (Wildman–Crippen LogP) is 2.66. The third kappa shape index (κ3) is 5.31. The number of benzene rings is 1. The molecule has 0 aliphatic carbocycles. The van der Waals surface area contributed by atoms with Gasteiger partial charge in [0.05, 0.1) is 24.5 Å². The molecule has 3 aromatic rings. The van der Waals surface area contributed by atoms with Crippen molar-refractivity contribution in [3.05, 3.63) is 57.7 Å². The standard InChI is InChI=1S/C25H29N7O3S/c1-3-35-23(34)21-16(2)27-25(36-21)30-24-28-19-14-31(13-17-7-5-4-6-8-17)11-9-18(19)22(29-24)32-12-10-26-20(33)15-32/h4-8H,3,9-15H2,1-2H3,(H,26,33)(H,27,28,29,30). The van der Waals surface area contributed by atoms with E-state index in [0.717, 1.165) is 36.6 Å². The van der Waals surface area contributed by atoms with Gasteiger partial charge >= 0.3 is 5.97 Å². The molecule has 0 spiro atoms. The van der Waals surface area contributed by atoms with Crippen LogP contribution in [0.1, 0.15) is 39.1 Å². The van der Waals surface area contributed by atoms with Gasteiger partial charge in [-0.3, -0.25) is 15.0 Å². The van der Waals surface area contributed by atoms with Gasteiger partial charge in [0, 0.05) is 38.3 Å². The molecule has 2 aliphatic rings. The summed E-state index contributed by atoms with van der Waals surface area (Å²) >= 11 is 1.22. The lowest BCUT2D eigenvalue weighted by Crippen LogP contribution is -2.48. The lowest BCUT2D eigenvalue weighted by atomic mass is 10.0. The number of esters is 1. The lowest BCUT2D eigenvalue weighted by Gasteiger charge is -2.34. The molecular formula is C25H29N7O3S. The maximum Gasteiger partial charge on any atom is 0.350 e. The Kier molecular flexibility index (Phi) is 7.10. The lowest BCUT2D eigenvalue weighted by molar-refractivity contribution is -0.120. The second kappa shape index (κ2) is 10.6. The van der Waals surface area contributed by atoms with Crippen molar-refractivity contribution in [2.24, 2.45) is 0 Å². The van der Waals surface area contributed by atoms with Crippen LogP contribution in [0.3, 0.4) is 0 Å². The first kappa shape index (κ1) is 24.1. The quantitative estimate of drug-likeness (QED) is 0.466. The van der Waals surface area contributed by atoms with Crippen molar-refractivity contribution in [1.82, 2.24) is 25.2 Å². The van der Waals surface area contributed by atoms with Crippen LogP contribution in [0, 0.1) is 6.92 Å². The molecule has 11 heteroatoms. The summed E-state index contributed by atoms with van der Waals surface area (Å²) in [4.78, 5) is 43.4. The molecule has 188 valence electrons. The monoisotopic (exact) mass is 507 g/mol. The number of anilines is 3. The molecule has 2 aliphatic heterocycles. The first-order valence-corrected chi connectivity index (χ1v) is 12.9. The zero-order chi connectivity index (χ0) is 25.1. The van der Waals surface area contributed by atoms with E-state index in [1.807, 2.05) is 11.0 Å². The molecule has 5 rings (SSSR count). The molecule has 1 fully saturated rings. The number of hydrogen-bond donors (Lipinski definition) is 2. The highest BCUT2D eigenvalue weighted by Crippen LogP contribution is 2.31. The highest BCUT2D eigenvalue weighted by Gasteiger charge is 2.28. The van der Waals surface area contributed by atoms with E-state index in [9.17, 15) is 9.59 Å². The third-order valence-electron chi connectivity index (χ3n) is 6.19. The molecule has 0 unspecified atom stereocenters. The summed E-state index contributed by atoms with van der Waals surface area (Å²) in [5, 5.41) is 6.60. The number of rotatable bonds is 7. The second-order valence-electron chi connectivity index (χ2n) is 8.79. The van der Waals surface area contributed by atoms with Gasteiger partial charge in [-0.15, -0.1) is 0 Å². The van der Waals surface area contributed by atoms with Crippen LogP contribution in [0.2, 0.25) is 0 Å². The maximum absolute atomic E-state index is 12.2. The summed E-state index contributed by atoms with van der Waals surface area (Å²) in [6.45, 7) is 7.79. The number of fused-ring (bicyclic) bond motifs is 1. The highest BCUT2D eigenvalue weighted by atomic mass is 32.1. The second-order valence-corrected chi connectivity index (χ2v) is 9.79. The van der Waals surface area contributed by atoms with E-state index in [4.69, 9.17) is 14.7 Å². The number of nitrogens with one attached hydrogen (secondary N) is 2. The fourth-order valence-electron chi connectivity index (χ4n) is 4.51.